The maximum absolute atomic E-state index is 12.6. The zero-order valence-corrected chi connectivity index (χ0v) is 15.6. The number of hydrogen-bond acceptors (Lipinski definition) is 3. The normalized spacial score (nSPS) is 20.0. The maximum atomic E-state index is 12.6. The Morgan fingerprint density at radius 1 is 1.07 bits per heavy atom. The van der Waals surface area contributed by atoms with E-state index in [1.807, 2.05) is 18.2 Å². The van der Waals surface area contributed by atoms with Crippen molar-refractivity contribution in [3.05, 3.63) is 47.0 Å². The van der Waals surface area contributed by atoms with Crippen LogP contribution in [0.15, 0.2) is 35.9 Å². The van der Waals surface area contributed by atoms with Gasteiger partial charge in [0.2, 0.25) is 11.8 Å². The molecule has 27 heavy (non-hydrogen) atoms. The van der Waals surface area contributed by atoms with Crippen LogP contribution in [0.3, 0.4) is 0 Å². The highest BCUT2D eigenvalue weighted by Crippen LogP contribution is 2.27. The smallest absolute Gasteiger partial charge is 0.247 e. The van der Waals surface area contributed by atoms with Crippen LogP contribution < -0.4 is 16.4 Å². The molecule has 144 valence electrons. The van der Waals surface area contributed by atoms with E-state index in [0.29, 0.717) is 24.1 Å². The van der Waals surface area contributed by atoms with Crippen molar-refractivity contribution < 1.29 is 9.59 Å². The molecular formula is C21H28N4O2. The van der Waals surface area contributed by atoms with Crippen molar-refractivity contribution in [2.75, 3.05) is 0 Å². The molecule has 0 heterocycles. The molecule has 1 aromatic carbocycles. The van der Waals surface area contributed by atoms with Gasteiger partial charge in [-0.3, -0.25) is 15.0 Å². The molecule has 0 bridgehead atoms. The fraction of sp³-hybridized carbons (Fsp3) is 0.476. The molecule has 1 fully saturated rings. The minimum atomic E-state index is -0.370. The number of nitrogens with two attached hydrogens (primary N) is 1. The number of rotatable bonds is 6. The van der Waals surface area contributed by atoms with Crippen molar-refractivity contribution in [3.8, 4) is 0 Å². The van der Waals surface area contributed by atoms with Crippen LogP contribution in [-0.4, -0.2) is 23.7 Å². The highest BCUT2D eigenvalue weighted by molar-refractivity contribution is 6.01. The number of carbonyl (C=O) groups excluding carboxylic acids is 2. The monoisotopic (exact) mass is 368 g/mol. The summed E-state index contributed by atoms with van der Waals surface area (Å²) >= 11 is 0. The van der Waals surface area contributed by atoms with Crippen LogP contribution in [0, 0.1) is 11.3 Å². The third-order valence-corrected chi connectivity index (χ3v) is 5.45. The summed E-state index contributed by atoms with van der Waals surface area (Å²) in [6, 6.07) is 7.47. The summed E-state index contributed by atoms with van der Waals surface area (Å²) in [5, 5.41) is 13.5. The topological polar surface area (TPSA) is 108 Å². The van der Waals surface area contributed by atoms with Gasteiger partial charge in [-0.05, 0) is 31.2 Å². The molecule has 2 aliphatic rings. The Balaban J connectivity index is 1.53. The van der Waals surface area contributed by atoms with E-state index in [1.165, 1.54) is 6.42 Å². The predicted molar refractivity (Wildman–Crippen MR) is 105 cm³/mol. The summed E-state index contributed by atoms with van der Waals surface area (Å²) in [6.45, 7) is 0.394. The minimum Gasteiger partial charge on any atom is -0.384 e. The molecule has 1 saturated carbocycles. The van der Waals surface area contributed by atoms with Crippen molar-refractivity contribution in [1.82, 2.24) is 10.6 Å². The standard InChI is InChI=1S/C21H28N4O2/c22-19(23)15-11-9-14(10-12-15)13-24-20(26)17-7-4-8-18(17)21(27)25-16-5-2-1-3-6-16/h8-12,16-17H,1-7,13H2,(H3,22,23)(H,24,26)(H,25,27). The van der Waals surface area contributed by atoms with Gasteiger partial charge in [0.15, 0.2) is 0 Å². The van der Waals surface area contributed by atoms with Crippen molar-refractivity contribution in [1.29, 1.82) is 5.41 Å². The first-order valence-corrected chi connectivity index (χ1v) is 9.76. The third kappa shape index (κ3) is 4.96. The number of carbonyl (C=O) groups is 2. The van der Waals surface area contributed by atoms with Crippen molar-refractivity contribution >= 4 is 17.6 Å². The molecule has 0 spiro atoms. The van der Waals surface area contributed by atoms with Crippen molar-refractivity contribution in [2.45, 2.75) is 57.5 Å². The summed E-state index contributed by atoms with van der Waals surface area (Å²) in [5.74, 6) is -0.529. The highest BCUT2D eigenvalue weighted by atomic mass is 16.2. The Labute approximate surface area is 160 Å². The van der Waals surface area contributed by atoms with E-state index in [9.17, 15) is 9.59 Å². The lowest BCUT2D eigenvalue weighted by molar-refractivity contribution is -0.126. The SMILES string of the molecule is N=C(N)c1ccc(CNC(=O)C2CCC=C2C(=O)NC2CCCCC2)cc1. The number of benzene rings is 1. The zero-order valence-electron chi connectivity index (χ0n) is 15.6. The summed E-state index contributed by atoms with van der Waals surface area (Å²) in [7, 11) is 0. The summed E-state index contributed by atoms with van der Waals surface area (Å²) in [6.07, 6.45) is 8.99. The molecule has 6 heteroatoms. The van der Waals surface area contributed by atoms with E-state index in [2.05, 4.69) is 10.6 Å². The second kappa shape index (κ2) is 8.84. The Bertz CT molecular complexity index is 733. The van der Waals surface area contributed by atoms with Crippen LogP contribution in [0.2, 0.25) is 0 Å². The molecule has 2 aliphatic carbocycles. The Hall–Kier alpha value is -2.63. The zero-order chi connectivity index (χ0) is 19.2. The van der Waals surface area contributed by atoms with E-state index >= 15 is 0 Å². The lowest BCUT2D eigenvalue weighted by atomic mass is 9.94. The van der Waals surface area contributed by atoms with E-state index < -0.39 is 0 Å². The van der Waals surface area contributed by atoms with Crippen molar-refractivity contribution in [3.63, 3.8) is 0 Å². The van der Waals surface area contributed by atoms with Gasteiger partial charge in [-0.25, -0.2) is 0 Å². The number of hydrogen-bond donors (Lipinski definition) is 4. The van der Waals surface area contributed by atoms with Gasteiger partial charge in [-0.2, -0.15) is 0 Å². The average Bonchev–Trinajstić information content (AvgIpc) is 3.17. The molecule has 0 radical (unpaired) electrons. The molecule has 1 atom stereocenters. The van der Waals surface area contributed by atoms with Crippen LogP contribution >= 0.6 is 0 Å². The number of nitrogen functional groups attached to an aromatic ring is 1. The lowest BCUT2D eigenvalue weighted by Crippen LogP contribution is -2.40. The molecule has 0 aromatic heterocycles. The van der Waals surface area contributed by atoms with Crippen LogP contribution in [0.4, 0.5) is 0 Å². The molecule has 0 aliphatic heterocycles. The third-order valence-electron chi connectivity index (χ3n) is 5.45. The van der Waals surface area contributed by atoms with Gasteiger partial charge < -0.3 is 16.4 Å². The van der Waals surface area contributed by atoms with E-state index in [0.717, 1.165) is 37.7 Å². The van der Waals surface area contributed by atoms with E-state index in [1.54, 1.807) is 12.1 Å². The van der Waals surface area contributed by atoms with Gasteiger partial charge >= 0.3 is 0 Å². The summed E-state index contributed by atoms with van der Waals surface area (Å²) in [4.78, 5) is 25.2. The first-order valence-electron chi connectivity index (χ1n) is 9.76. The highest BCUT2D eigenvalue weighted by Gasteiger charge is 2.31. The van der Waals surface area contributed by atoms with Gasteiger partial charge in [0.05, 0.1) is 5.92 Å². The second-order valence-corrected chi connectivity index (χ2v) is 7.43. The number of amidine groups is 1. The van der Waals surface area contributed by atoms with E-state index in [-0.39, 0.29) is 29.6 Å². The predicted octanol–water partition coefficient (Wildman–Crippen LogP) is 2.37. The maximum Gasteiger partial charge on any atom is 0.247 e. The fourth-order valence-electron chi connectivity index (χ4n) is 3.86. The first-order chi connectivity index (χ1) is 13.0. The van der Waals surface area contributed by atoms with Gasteiger partial charge in [0.25, 0.3) is 0 Å². The molecule has 1 aromatic rings. The van der Waals surface area contributed by atoms with Crippen LogP contribution in [0.1, 0.15) is 56.1 Å². The van der Waals surface area contributed by atoms with Gasteiger partial charge in [-0.15, -0.1) is 0 Å². The molecule has 1 unspecified atom stereocenters. The van der Waals surface area contributed by atoms with Crippen LogP contribution in [0.5, 0.6) is 0 Å². The van der Waals surface area contributed by atoms with Gasteiger partial charge in [0, 0.05) is 23.7 Å². The van der Waals surface area contributed by atoms with E-state index in [4.69, 9.17) is 11.1 Å². The number of nitrogens with one attached hydrogen (secondary N) is 3. The average molecular weight is 368 g/mol. The van der Waals surface area contributed by atoms with Crippen LogP contribution in [0.25, 0.3) is 0 Å². The molecule has 3 rings (SSSR count). The molecule has 2 amide bonds. The molecule has 5 N–H and O–H groups in total. The summed E-state index contributed by atoms with van der Waals surface area (Å²) in [5.41, 5.74) is 7.66. The number of allylic oxidation sites excluding steroid dienone is 1. The second-order valence-electron chi connectivity index (χ2n) is 7.43. The molecule has 6 nitrogen and oxygen atoms in total. The quantitative estimate of drug-likeness (QED) is 0.457. The summed E-state index contributed by atoms with van der Waals surface area (Å²) < 4.78 is 0. The molecule has 0 saturated heterocycles. The Morgan fingerprint density at radius 3 is 2.44 bits per heavy atom. The number of amides is 2. The van der Waals surface area contributed by atoms with Gasteiger partial charge in [0.1, 0.15) is 5.84 Å². The lowest BCUT2D eigenvalue weighted by Gasteiger charge is -2.24. The largest absolute Gasteiger partial charge is 0.384 e. The fourth-order valence-corrected chi connectivity index (χ4v) is 3.86. The molecular weight excluding hydrogens is 340 g/mol. The van der Waals surface area contributed by atoms with Crippen molar-refractivity contribution in [2.24, 2.45) is 11.7 Å². The van der Waals surface area contributed by atoms with Gasteiger partial charge in [-0.1, -0.05) is 49.6 Å². The Kier molecular flexibility index (Phi) is 6.27. The Morgan fingerprint density at radius 2 is 1.78 bits per heavy atom. The van der Waals surface area contributed by atoms with Crippen LogP contribution in [-0.2, 0) is 16.1 Å². The first kappa shape index (κ1) is 19.1. The minimum absolute atomic E-state index is 0.0234.